The molecule has 8 heteroatoms. The third kappa shape index (κ3) is 4.93. The maximum Gasteiger partial charge on any atom is 0.267 e. The largest absolute Gasteiger partial charge is 0.342 e. The number of hydrogen-bond acceptors (Lipinski definition) is 5. The molecule has 3 N–H and O–H groups in total. The Bertz CT molecular complexity index is 1400. The van der Waals surface area contributed by atoms with Crippen molar-refractivity contribution < 1.29 is 18.4 Å². The van der Waals surface area contributed by atoms with Crippen molar-refractivity contribution >= 4 is 32.9 Å². The van der Waals surface area contributed by atoms with Gasteiger partial charge in [0.05, 0.1) is 15.9 Å². The number of benzene rings is 3. The van der Waals surface area contributed by atoms with Crippen LogP contribution in [-0.4, -0.2) is 35.8 Å². The van der Waals surface area contributed by atoms with E-state index < -0.39 is 15.7 Å². The first-order chi connectivity index (χ1) is 15.3. The summed E-state index contributed by atoms with van der Waals surface area (Å²) in [6, 6.07) is 20.4. The highest BCUT2D eigenvalue weighted by molar-refractivity contribution is 7.90. The van der Waals surface area contributed by atoms with E-state index in [1.165, 1.54) is 12.3 Å². The summed E-state index contributed by atoms with van der Waals surface area (Å²) >= 11 is 0. The first kappa shape index (κ1) is 21.5. The summed E-state index contributed by atoms with van der Waals surface area (Å²) in [7, 11) is -3.22. The fraction of sp³-hybridized carbons (Fsp3) is 0.0833. The van der Waals surface area contributed by atoms with Crippen LogP contribution in [0, 0.1) is 0 Å². The minimum absolute atomic E-state index is 0.294. The van der Waals surface area contributed by atoms with Gasteiger partial charge in [-0.3, -0.25) is 10.0 Å². The molecule has 0 saturated heterocycles. The van der Waals surface area contributed by atoms with Crippen molar-refractivity contribution in [3.63, 3.8) is 0 Å². The van der Waals surface area contributed by atoms with E-state index in [9.17, 15) is 13.2 Å². The van der Waals surface area contributed by atoms with E-state index in [0.717, 1.165) is 39.1 Å². The summed E-state index contributed by atoms with van der Waals surface area (Å²) in [5.41, 5.74) is 7.08. The van der Waals surface area contributed by atoms with Crippen molar-refractivity contribution in [1.82, 2.24) is 15.4 Å². The van der Waals surface area contributed by atoms with Crippen LogP contribution in [0.3, 0.4) is 0 Å². The van der Waals surface area contributed by atoms with E-state index in [2.05, 4.69) is 4.98 Å². The van der Waals surface area contributed by atoms with Crippen molar-refractivity contribution in [1.29, 1.82) is 0 Å². The standard InChI is InChI=1S/C24H21N3O4S/c1-32(30,31)20-10-7-18(8-11-20)19-9-12-21-22(15-19)26-23(25-21)14-17-4-2-16(3-5-17)6-13-24(28)27-29/h2-13,15,29H,14H2,1H3,(H,25,26)(H,27,28)/b13-6+. The van der Waals surface area contributed by atoms with Gasteiger partial charge < -0.3 is 4.98 Å². The number of rotatable bonds is 6. The molecule has 3 aromatic carbocycles. The van der Waals surface area contributed by atoms with Crippen molar-refractivity contribution in [2.45, 2.75) is 11.3 Å². The van der Waals surface area contributed by atoms with E-state index in [0.29, 0.717) is 11.3 Å². The van der Waals surface area contributed by atoms with Crippen LogP contribution < -0.4 is 5.48 Å². The number of fused-ring (bicyclic) bond motifs is 1. The van der Waals surface area contributed by atoms with Gasteiger partial charge in [0.1, 0.15) is 5.82 Å². The zero-order chi connectivity index (χ0) is 22.7. The van der Waals surface area contributed by atoms with Gasteiger partial charge in [0.15, 0.2) is 9.84 Å². The fourth-order valence-corrected chi connectivity index (χ4v) is 4.00. The molecule has 0 unspecified atom stereocenters. The van der Waals surface area contributed by atoms with Gasteiger partial charge in [-0.2, -0.15) is 0 Å². The SMILES string of the molecule is CS(=O)(=O)c1ccc(-c2ccc3[nH]c(Cc4ccc(/C=C/C(=O)NO)cc4)nc3c2)cc1. The number of H-pyrrole nitrogens is 1. The third-order valence-electron chi connectivity index (χ3n) is 5.04. The predicted molar refractivity (Wildman–Crippen MR) is 123 cm³/mol. The number of imidazole rings is 1. The Kier molecular flexibility index (Phi) is 5.89. The molecule has 0 spiro atoms. The van der Waals surface area contributed by atoms with Gasteiger partial charge in [0.25, 0.3) is 5.91 Å². The van der Waals surface area contributed by atoms with Crippen molar-refractivity contribution in [2.75, 3.05) is 6.26 Å². The fourth-order valence-electron chi connectivity index (χ4n) is 3.37. The third-order valence-corrected chi connectivity index (χ3v) is 6.17. The van der Waals surface area contributed by atoms with Gasteiger partial charge in [0.2, 0.25) is 0 Å². The molecule has 4 aromatic rings. The van der Waals surface area contributed by atoms with Crippen molar-refractivity contribution in [2.24, 2.45) is 0 Å². The van der Waals surface area contributed by atoms with Crippen LogP contribution in [0.4, 0.5) is 0 Å². The first-order valence-electron chi connectivity index (χ1n) is 9.82. The Morgan fingerprint density at radius 1 is 1.03 bits per heavy atom. The molecule has 32 heavy (non-hydrogen) atoms. The Hall–Kier alpha value is -3.75. The minimum Gasteiger partial charge on any atom is -0.342 e. The second kappa shape index (κ2) is 8.78. The van der Waals surface area contributed by atoms with Crippen molar-refractivity contribution in [3.05, 3.63) is 89.8 Å². The Labute approximate surface area is 185 Å². The van der Waals surface area contributed by atoms with Crippen molar-refractivity contribution in [3.8, 4) is 11.1 Å². The molecule has 0 fully saturated rings. The molecule has 1 aromatic heterocycles. The number of carbonyl (C=O) groups is 1. The number of aromatic nitrogens is 2. The van der Waals surface area contributed by atoms with Crippen LogP contribution in [0.2, 0.25) is 0 Å². The molecule has 0 saturated carbocycles. The van der Waals surface area contributed by atoms with Gasteiger partial charge in [-0.15, -0.1) is 0 Å². The van der Waals surface area contributed by atoms with E-state index in [4.69, 9.17) is 10.2 Å². The van der Waals surface area contributed by atoms with Gasteiger partial charge in [-0.1, -0.05) is 42.5 Å². The molecule has 0 bridgehead atoms. The smallest absolute Gasteiger partial charge is 0.267 e. The molecule has 0 atom stereocenters. The lowest BCUT2D eigenvalue weighted by molar-refractivity contribution is -0.124. The van der Waals surface area contributed by atoms with E-state index in [-0.39, 0.29) is 0 Å². The zero-order valence-electron chi connectivity index (χ0n) is 17.2. The lowest BCUT2D eigenvalue weighted by Gasteiger charge is -2.03. The van der Waals surface area contributed by atoms with Gasteiger partial charge in [-0.05, 0) is 52.6 Å². The topological polar surface area (TPSA) is 112 Å². The molecule has 1 amide bonds. The maximum absolute atomic E-state index is 11.7. The molecular weight excluding hydrogens is 426 g/mol. The summed E-state index contributed by atoms with van der Waals surface area (Å²) in [5, 5.41) is 8.52. The molecule has 4 rings (SSSR count). The molecule has 0 aliphatic rings. The highest BCUT2D eigenvalue weighted by Crippen LogP contribution is 2.25. The molecular formula is C24H21N3O4S. The molecule has 0 aliphatic heterocycles. The van der Waals surface area contributed by atoms with Gasteiger partial charge >= 0.3 is 0 Å². The number of hydroxylamine groups is 1. The van der Waals surface area contributed by atoms with Gasteiger partial charge in [-0.25, -0.2) is 18.9 Å². The van der Waals surface area contributed by atoms with Crippen LogP contribution in [0.25, 0.3) is 28.2 Å². The second-order valence-electron chi connectivity index (χ2n) is 7.44. The lowest BCUT2D eigenvalue weighted by atomic mass is 10.1. The van der Waals surface area contributed by atoms with Crippen LogP contribution in [0.5, 0.6) is 0 Å². The van der Waals surface area contributed by atoms with Crippen LogP contribution in [0.1, 0.15) is 17.0 Å². The average molecular weight is 448 g/mol. The lowest BCUT2D eigenvalue weighted by Crippen LogP contribution is -2.14. The van der Waals surface area contributed by atoms with Crippen LogP contribution in [0.15, 0.2) is 77.7 Å². The summed E-state index contributed by atoms with van der Waals surface area (Å²) in [6.07, 6.45) is 4.68. The highest BCUT2D eigenvalue weighted by atomic mass is 32.2. The normalized spacial score (nSPS) is 11.8. The van der Waals surface area contributed by atoms with E-state index in [1.54, 1.807) is 35.8 Å². The highest BCUT2D eigenvalue weighted by Gasteiger charge is 2.09. The van der Waals surface area contributed by atoms with Crippen LogP contribution >= 0.6 is 0 Å². The molecule has 162 valence electrons. The molecule has 0 radical (unpaired) electrons. The average Bonchev–Trinajstić information content (AvgIpc) is 3.19. The summed E-state index contributed by atoms with van der Waals surface area (Å²) in [4.78, 5) is 19.4. The molecule has 0 aliphatic carbocycles. The Morgan fingerprint density at radius 3 is 2.38 bits per heavy atom. The monoisotopic (exact) mass is 447 g/mol. The number of hydrogen-bond donors (Lipinski definition) is 3. The van der Waals surface area contributed by atoms with E-state index >= 15 is 0 Å². The Morgan fingerprint density at radius 2 is 1.72 bits per heavy atom. The number of sulfone groups is 1. The number of nitrogens with zero attached hydrogens (tertiary/aromatic N) is 1. The van der Waals surface area contributed by atoms with E-state index in [1.807, 2.05) is 42.5 Å². The predicted octanol–water partition coefficient (Wildman–Crippen LogP) is 3.74. The first-order valence-corrected chi connectivity index (χ1v) is 11.7. The van der Waals surface area contributed by atoms with Gasteiger partial charge in [0, 0.05) is 18.8 Å². The number of nitrogens with one attached hydrogen (secondary N) is 2. The Balaban J connectivity index is 1.52. The number of amides is 1. The minimum atomic E-state index is -3.22. The number of carbonyl (C=O) groups excluding carboxylic acids is 1. The molecule has 1 heterocycles. The molecule has 7 nitrogen and oxygen atoms in total. The van der Waals surface area contributed by atoms with Crippen LogP contribution in [-0.2, 0) is 21.1 Å². The maximum atomic E-state index is 11.7. The summed E-state index contributed by atoms with van der Waals surface area (Å²) in [6.45, 7) is 0. The summed E-state index contributed by atoms with van der Waals surface area (Å²) < 4.78 is 23.3. The number of aromatic amines is 1. The summed E-state index contributed by atoms with van der Waals surface area (Å²) in [5.74, 6) is 0.245. The quantitative estimate of drug-likeness (QED) is 0.237. The second-order valence-corrected chi connectivity index (χ2v) is 9.46. The zero-order valence-corrected chi connectivity index (χ0v) is 18.1.